The van der Waals surface area contributed by atoms with Gasteiger partial charge < -0.3 is 9.47 Å². The first-order valence-electron chi connectivity index (χ1n) is 3.25. The van der Waals surface area contributed by atoms with Crippen LogP contribution in [0.1, 0.15) is 0 Å². The van der Waals surface area contributed by atoms with Crippen LogP contribution in [0.15, 0.2) is 12.7 Å². The molecule has 0 saturated carbocycles. The number of aromatic nitrogens is 3. The van der Waals surface area contributed by atoms with Crippen molar-refractivity contribution in [2.75, 3.05) is 14.2 Å². The minimum Gasteiger partial charge on any atom is -0.354 e. The average Bonchev–Trinajstić information content (AvgIpc) is 2.52. The number of methoxy groups -OCH3 is 2. The predicted octanol–water partition coefficient (Wildman–Crippen LogP) is -0.103. The van der Waals surface area contributed by atoms with Gasteiger partial charge in [0.15, 0.2) is 6.29 Å². The molecule has 0 aromatic carbocycles. The lowest BCUT2D eigenvalue weighted by Crippen LogP contribution is -2.20. The Kier molecular flexibility index (Phi) is 3.00. The summed E-state index contributed by atoms with van der Waals surface area (Å²) in [5.74, 6) is 0. The van der Waals surface area contributed by atoms with Crippen LogP contribution in [-0.4, -0.2) is 35.3 Å². The van der Waals surface area contributed by atoms with E-state index in [9.17, 15) is 0 Å². The molecule has 0 bridgehead atoms. The number of rotatable bonds is 4. The molecule has 0 unspecified atom stereocenters. The van der Waals surface area contributed by atoms with Crippen molar-refractivity contribution >= 4 is 0 Å². The first-order valence-corrected chi connectivity index (χ1v) is 3.25. The van der Waals surface area contributed by atoms with E-state index in [-0.39, 0.29) is 6.29 Å². The Labute approximate surface area is 64.9 Å². The van der Waals surface area contributed by atoms with Gasteiger partial charge in [-0.1, -0.05) is 0 Å². The van der Waals surface area contributed by atoms with Gasteiger partial charge in [0.1, 0.15) is 12.7 Å². The highest BCUT2D eigenvalue weighted by Crippen LogP contribution is 1.93. The summed E-state index contributed by atoms with van der Waals surface area (Å²) in [5.41, 5.74) is 0. The third kappa shape index (κ3) is 2.28. The van der Waals surface area contributed by atoms with Crippen LogP contribution in [0.5, 0.6) is 0 Å². The second kappa shape index (κ2) is 4.05. The van der Waals surface area contributed by atoms with Crippen molar-refractivity contribution < 1.29 is 9.47 Å². The second-order valence-corrected chi connectivity index (χ2v) is 2.02. The summed E-state index contributed by atoms with van der Waals surface area (Å²) >= 11 is 0. The van der Waals surface area contributed by atoms with Crippen molar-refractivity contribution in [3.05, 3.63) is 12.7 Å². The van der Waals surface area contributed by atoms with Gasteiger partial charge >= 0.3 is 0 Å². The zero-order chi connectivity index (χ0) is 8.10. The van der Waals surface area contributed by atoms with Crippen molar-refractivity contribution in [2.45, 2.75) is 12.8 Å². The smallest absolute Gasteiger partial charge is 0.176 e. The van der Waals surface area contributed by atoms with Crippen LogP contribution in [0.4, 0.5) is 0 Å². The molecule has 0 N–H and O–H groups in total. The van der Waals surface area contributed by atoms with E-state index in [1.807, 2.05) is 0 Å². The summed E-state index contributed by atoms with van der Waals surface area (Å²) in [4.78, 5) is 3.78. The highest BCUT2D eigenvalue weighted by atomic mass is 16.7. The van der Waals surface area contributed by atoms with Crippen LogP contribution >= 0.6 is 0 Å². The molecule has 0 saturated heterocycles. The van der Waals surface area contributed by atoms with Crippen LogP contribution in [0, 0.1) is 0 Å². The second-order valence-electron chi connectivity index (χ2n) is 2.02. The van der Waals surface area contributed by atoms with Crippen molar-refractivity contribution in [1.29, 1.82) is 0 Å². The molecule has 0 spiro atoms. The molecular weight excluding hydrogens is 146 g/mol. The lowest BCUT2D eigenvalue weighted by Gasteiger charge is -2.11. The zero-order valence-electron chi connectivity index (χ0n) is 6.60. The summed E-state index contributed by atoms with van der Waals surface area (Å²) in [6.45, 7) is 0.563. The number of ether oxygens (including phenoxy) is 2. The van der Waals surface area contributed by atoms with Gasteiger partial charge in [0, 0.05) is 14.2 Å². The fraction of sp³-hybridized carbons (Fsp3) is 0.667. The molecule has 0 fully saturated rings. The summed E-state index contributed by atoms with van der Waals surface area (Å²) in [7, 11) is 3.18. The Morgan fingerprint density at radius 2 is 2.18 bits per heavy atom. The number of hydrogen-bond donors (Lipinski definition) is 0. The molecule has 1 rings (SSSR count). The largest absolute Gasteiger partial charge is 0.354 e. The van der Waals surface area contributed by atoms with Crippen molar-refractivity contribution in [1.82, 2.24) is 14.8 Å². The van der Waals surface area contributed by atoms with E-state index >= 15 is 0 Å². The number of nitrogens with zero attached hydrogens (tertiary/aromatic N) is 3. The maximum atomic E-state index is 4.96. The molecular formula is C6H11N3O2. The Hall–Kier alpha value is -0.940. The van der Waals surface area contributed by atoms with Crippen molar-refractivity contribution in [3.63, 3.8) is 0 Å². The Morgan fingerprint density at radius 1 is 1.45 bits per heavy atom. The minimum atomic E-state index is -0.253. The van der Waals surface area contributed by atoms with Crippen LogP contribution in [0.25, 0.3) is 0 Å². The normalized spacial score (nSPS) is 10.8. The van der Waals surface area contributed by atoms with Crippen LogP contribution < -0.4 is 0 Å². The third-order valence-electron chi connectivity index (χ3n) is 1.33. The SMILES string of the molecule is COC(Cn1cncn1)OC. The molecule has 1 heterocycles. The van der Waals surface area contributed by atoms with Gasteiger partial charge in [-0.3, -0.25) is 0 Å². The van der Waals surface area contributed by atoms with Gasteiger partial charge in [0.2, 0.25) is 0 Å². The maximum absolute atomic E-state index is 4.96. The van der Waals surface area contributed by atoms with Gasteiger partial charge in [-0.15, -0.1) is 0 Å². The summed E-state index contributed by atoms with van der Waals surface area (Å²) in [6, 6.07) is 0. The molecule has 0 amide bonds. The average molecular weight is 157 g/mol. The lowest BCUT2D eigenvalue weighted by molar-refractivity contribution is -0.112. The highest BCUT2D eigenvalue weighted by molar-refractivity contribution is 4.56. The first kappa shape index (κ1) is 8.16. The van der Waals surface area contributed by atoms with Crippen LogP contribution in [0.2, 0.25) is 0 Å². The van der Waals surface area contributed by atoms with E-state index < -0.39 is 0 Å². The van der Waals surface area contributed by atoms with E-state index in [0.29, 0.717) is 6.54 Å². The Bertz CT molecular complexity index is 184. The summed E-state index contributed by atoms with van der Waals surface area (Å²) in [5, 5.41) is 3.90. The Morgan fingerprint density at radius 3 is 2.64 bits per heavy atom. The fourth-order valence-corrected chi connectivity index (χ4v) is 0.725. The van der Waals surface area contributed by atoms with E-state index in [2.05, 4.69) is 10.1 Å². The molecule has 0 radical (unpaired) electrons. The monoisotopic (exact) mass is 157 g/mol. The standard InChI is InChI=1S/C6H11N3O2/c1-10-6(11-2)3-9-5-7-4-8-9/h4-6H,3H2,1-2H3. The fourth-order valence-electron chi connectivity index (χ4n) is 0.725. The summed E-state index contributed by atoms with van der Waals surface area (Å²) < 4.78 is 11.6. The first-order chi connectivity index (χ1) is 5.36. The van der Waals surface area contributed by atoms with E-state index in [1.165, 1.54) is 6.33 Å². The zero-order valence-corrected chi connectivity index (χ0v) is 6.60. The molecule has 1 aromatic heterocycles. The van der Waals surface area contributed by atoms with Crippen LogP contribution in [0.3, 0.4) is 0 Å². The van der Waals surface area contributed by atoms with Gasteiger partial charge in [-0.2, -0.15) is 5.10 Å². The molecule has 62 valence electrons. The quantitative estimate of drug-likeness (QED) is 0.572. The Balaban J connectivity index is 2.41. The maximum Gasteiger partial charge on any atom is 0.176 e. The molecule has 11 heavy (non-hydrogen) atoms. The number of hydrogen-bond acceptors (Lipinski definition) is 4. The molecule has 1 aromatic rings. The molecule has 0 aliphatic carbocycles. The molecule has 0 aliphatic rings. The summed E-state index contributed by atoms with van der Waals surface area (Å²) in [6.07, 6.45) is 2.84. The van der Waals surface area contributed by atoms with E-state index in [1.54, 1.807) is 25.2 Å². The van der Waals surface area contributed by atoms with E-state index in [0.717, 1.165) is 0 Å². The van der Waals surface area contributed by atoms with Crippen molar-refractivity contribution in [3.8, 4) is 0 Å². The van der Waals surface area contributed by atoms with Gasteiger partial charge in [0.05, 0.1) is 6.54 Å². The predicted molar refractivity (Wildman–Crippen MR) is 37.8 cm³/mol. The van der Waals surface area contributed by atoms with Gasteiger partial charge in [-0.05, 0) is 0 Å². The molecule has 0 aliphatic heterocycles. The molecule has 0 atom stereocenters. The molecule has 5 heteroatoms. The van der Waals surface area contributed by atoms with Gasteiger partial charge in [-0.25, -0.2) is 9.67 Å². The van der Waals surface area contributed by atoms with Crippen LogP contribution in [-0.2, 0) is 16.0 Å². The highest BCUT2D eigenvalue weighted by Gasteiger charge is 2.04. The topological polar surface area (TPSA) is 49.2 Å². The van der Waals surface area contributed by atoms with E-state index in [4.69, 9.17) is 9.47 Å². The van der Waals surface area contributed by atoms with Gasteiger partial charge in [0.25, 0.3) is 0 Å². The third-order valence-corrected chi connectivity index (χ3v) is 1.33. The molecule has 5 nitrogen and oxygen atoms in total. The minimum absolute atomic E-state index is 0.253. The van der Waals surface area contributed by atoms with Crippen molar-refractivity contribution in [2.24, 2.45) is 0 Å². The lowest BCUT2D eigenvalue weighted by atomic mass is 10.6.